The Morgan fingerprint density at radius 3 is 1.25 bits per heavy atom. The van der Waals surface area contributed by atoms with Crippen LogP contribution in [0, 0.1) is 31.1 Å². The van der Waals surface area contributed by atoms with E-state index < -0.39 is 0 Å². The summed E-state index contributed by atoms with van der Waals surface area (Å²) in [6.45, 7) is 0. The molecule has 4 heavy (non-hydrogen) atoms. The van der Waals surface area contributed by atoms with Crippen molar-refractivity contribution in [2.24, 2.45) is 0 Å². The molecular formula is I3U-. The minimum absolute atomic E-state index is 0. The van der Waals surface area contributed by atoms with Gasteiger partial charge in [0.15, 0.2) is 0 Å². The molecule has 0 saturated heterocycles. The summed E-state index contributed by atoms with van der Waals surface area (Å²) in [5.74, 6) is 0. The standard InChI is InChI=1S/I3.U/c1-3-2;/q-1;. The van der Waals surface area contributed by atoms with Gasteiger partial charge in [-0.2, -0.15) is 0 Å². The third-order valence-corrected chi connectivity index (χ3v) is 0. The van der Waals surface area contributed by atoms with Gasteiger partial charge in [-0.3, -0.25) is 0 Å². The van der Waals surface area contributed by atoms with Crippen LogP contribution in [0.15, 0.2) is 0 Å². The monoisotopic (exact) mass is 619 g/mol. The van der Waals surface area contributed by atoms with Gasteiger partial charge in [0, 0.05) is 31.1 Å². The van der Waals surface area contributed by atoms with Gasteiger partial charge in [-0.1, -0.05) is 0 Å². The Bertz CT molecular complexity index is 3.25. The zero-order valence-electron chi connectivity index (χ0n) is 1.63. The molecule has 0 N–H and O–H groups in total. The topological polar surface area (TPSA) is 0 Å². The first-order valence-corrected chi connectivity index (χ1v) is 12.9. The predicted octanol–water partition coefficient (Wildman–Crippen LogP) is -1.22. The third-order valence-electron chi connectivity index (χ3n) is 0. The van der Waals surface area contributed by atoms with Crippen molar-refractivity contribution in [1.82, 2.24) is 0 Å². The van der Waals surface area contributed by atoms with E-state index in [1.807, 2.05) is 0 Å². The first kappa shape index (κ1) is 10.3. The molecule has 0 aromatic heterocycles. The summed E-state index contributed by atoms with van der Waals surface area (Å²) in [5.41, 5.74) is 0. The molecule has 0 aliphatic carbocycles. The fourth-order valence-electron chi connectivity index (χ4n) is 0. The Kier molecular flexibility index (Phi) is 24.5. The second kappa shape index (κ2) is 9.53. The van der Waals surface area contributed by atoms with E-state index in [2.05, 4.69) is 37.2 Å². The second-order valence-corrected chi connectivity index (χ2v) is 16.3. The first-order chi connectivity index (χ1) is 1.41. The molecule has 0 fully saturated rings. The van der Waals surface area contributed by atoms with Crippen molar-refractivity contribution in [3.8, 4) is 0 Å². The van der Waals surface area contributed by atoms with Gasteiger partial charge in [0.05, 0.1) is 0 Å². The van der Waals surface area contributed by atoms with Crippen LogP contribution in [0.5, 0.6) is 0 Å². The van der Waals surface area contributed by atoms with Gasteiger partial charge in [0.1, 0.15) is 0 Å². The molecule has 0 rings (SSSR count). The number of hydrogen-bond acceptors (Lipinski definition) is 0. The van der Waals surface area contributed by atoms with Crippen molar-refractivity contribution in [3.05, 3.63) is 0 Å². The molecule has 4 heteroatoms. The van der Waals surface area contributed by atoms with Crippen LogP contribution in [0.1, 0.15) is 0 Å². The van der Waals surface area contributed by atoms with Crippen molar-refractivity contribution in [3.63, 3.8) is 0 Å². The molecule has 0 aliphatic rings. The van der Waals surface area contributed by atoms with Crippen LogP contribution in [0.4, 0.5) is 0 Å². The van der Waals surface area contributed by atoms with Gasteiger partial charge < -0.3 is 0 Å². The van der Waals surface area contributed by atoms with Gasteiger partial charge in [0.25, 0.3) is 0 Å². The quantitative estimate of drug-likeness (QED) is 0.299. The molecule has 0 bridgehead atoms. The van der Waals surface area contributed by atoms with Crippen LogP contribution in [0.3, 0.4) is 0 Å². The molecule has 0 heterocycles. The van der Waals surface area contributed by atoms with Crippen molar-refractivity contribution in [1.29, 1.82) is 0 Å². The normalized spacial score (nSPS) is 5.50. The first-order valence-electron chi connectivity index (χ1n) is 0.286. The maximum absolute atomic E-state index is 2.39. The molecule has 0 atom stereocenters. The van der Waals surface area contributed by atoms with Crippen molar-refractivity contribution in [2.75, 3.05) is 0 Å². The summed E-state index contributed by atoms with van der Waals surface area (Å²) in [6, 6.07) is 0. The van der Waals surface area contributed by atoms with Crippen LogP contribution in [-0.2, 0) is 0 Å². The summed E-state index contributed by atoms with van der Waals surface area (Å²) < 4.78 is 0. The predicted molar refractivity (Wildman–Crippen MR) is 28.0 cm³/mol. The number of halogens is 3. The molecule has 0 radical (unpaired) electrons. The molecule has 0 saturated carbocycles. The van der Waals surface area contributed by atoms with Gasteiger partial charge in [-0.15, -0.1) is 0 Å². The molecule has 0 aromatic carbocycles. The molecule has 0 aliphatic heterocycles. The minimum atomic E-state index is 0. The summed E-state index contributed by atoms with van der Waals surface area (Å²) in [5, 5.41) is 0. The van der Waals surface area contributed by atoms with Crippen LogP contribution < -0.4 is 13.3 Å². The van der Waals surface area contributed by atoms with E-state index in [-0.39, 0.29) is 31.1 Å². The molecule has 0 unspecified atom stereocenters. The Morgan fingerprint density at radius 2 is 1.25 bits per heavy atom. The second-order valence-electron chi connectivity index (χ2n) is 0.0540. The molecule has 0 amide bonds. The van der Waals surface area contributed by atoms with Crippen molar-refractivity contribution in [2.45, 2.75) is 0 Å². The van der Waals surface area contributed by atoms with Gasteiger partial charge >= 0.3 is 50.5 Å². The van der Waals surface area contributed by atoms with Gasteiger partial charge in [-0.25, -0.2) is 0 Å². The van der Waals surface area contributed by atoms with E-state index in [0.29, 0.717) is 13.3 Å². The van der Waals surface area contributed by atoms with Crippen LogP contribution >= 0.6 is 37.2 Å². The molecule has 0 nitrogen and oxygen atoms in total. The Hall–Kier alpha value is 3.24. The van der Waals surface area contributed by atoms with Crippen molar-refractivity contribution < 1.29 is 44.4 Å². The van der Waals surface area contributed by atoms with E-state index in [0.717, 1.165) is 0 Å². The molecular weight excluding hydrogens is 619 g/mol. The number of hydrogen-bond donors (Lipinski definition) is 0. The molecule has 26 valence electrons. The van der Waals surface area contributed by atoms with Crippen LogP contribution in [-0.4, -0.2) is 0 Å². The van der Waals surface area contributed by atoms with Crippen molar-refractivity contribution >= 4 is 37.2 Å². The smallest absolute Gasteiger partial charge is 0 e. The van der Waals surface area contributed by atoms with E-state index in [1.54, 1.807) is 0 Å². The van der Waals surface area contributed by atoms with E-state index >= 15 is 0 Å². The SMILES string of the molecule is I[I-]I.[U]. The summed E-state index contributed by atoms with van der Waals surface area (Å²) >= 11 is 5.30. The minimum Gasteiger partial charge on any atom is 0 e. The third kappa shape index (κ3) is 8.97. The van der Waals surface area contributed by atoms with E-state index in [9.17, 15) is 0 Å². The van der Waals surface area contributed by atoms with Gasteiger partial charge in [0.2, 0.25) is 0 Å². The fourth-order valence-corrected chi connectivity index (χ4v) is 0. The summed E-state index contributed by atoms with van der Waals surface area (Å²) in [6.07, 6.45) is 0. The Labute approximate surface area is 79.2 Å². The zero-order chi connectivity index (χ0) is 2.71. The van der Waals surface area contributed by atoms with E-state index in [1.165, 1.54) is 0 Å². The average Bonchev–Trinajstić information content (AvgIpc) is 0.918. The Morgan fingerprint density at radius 1 is 1.25 bits per heavy atom. The summed E-state index contributed by atoms with van der Waals surface area (Å²) in [7, 11) is 0. The fraction of sp³-hybridized carbons (Fsp3) is 0. The number of rotatable bonds is 0. The average molecular weight is 619 g/mol. The Balaban J connectivity index is 0. The summed E-state index contributed by atoms with van der Waals surface area (Å²) in [4.78, 5) is 0. The maximum atomic E-state index is 2.39. The zero-order valence-corrected chi connectivity index (χ0v) is 12.3. The maximum Gasteiger partial charge on any atom is 0 e. The van der Waals surface area contributed by atoms with E-state index in [4.69, 9.17) is 0 Å². The molecule has 0 aromatic rings. The van der Waals surface area contributed by atoms with Gasteiger partial charge in [-0.05, 0) is 0 Å². The van der Waals surface area contributed by atoms with Crippen LogP contribution in [0.2, 0.25) is 0 Å². The molecule has 0 spiro atoms. The van der Waals surface area contributed by atoms with Crippen LogP contribution in [0.25, 0.3) is 0 Å². The largest absolute Gasteiger partial charge is 0 e.